The first kappa shape index (κ1) is 16.1. The maximum absolute atomic E-state index is 12.2. The van der Waals surface area contributed by atoms with Gasteiger partial charge in [0.2, 0.25) is 5.91 Å². The summed E-state index contributed by atoms with van der Waals surface area (Å²) in [5.74, 6) is 0.0370. The molecule has 5 heteroatoms. The summed E-state index contributed by atoms with van der Waals surface area (Å²) in [6.07, 6.45) is 2.01. The molecule has 21 heavy (non-hydrogen) atoms. The topological polar surface area (TPSA) is 32.3 Å². The Kier molecular flexibility index (Phi) is 6.29. The number of para-hydroxylation sites is 1. The Balaban J connectivity index is 1.93. The molecule has 0 fully saturated rings. The lowest BCUT2D eigenvalue weighted by atomic mass is 10.3. The summed E-state index contributed by atoms with van der Waals surface area (Å²) in [5.41, 5.74) is 0.891. The molecule has 2 rings (SSSR count). The molecule has 0 aliphatic carbocycles. The Hall–Kier alpha value is -1.30. The second-order valence-corrected chi connectivity index (χ2v) is 6.51. The third-order valence-corrected chi connectivity index (χ3v) is 4.81. The van der Waals surface area contributed by atoms with Gasteiger partial charge in [-0.2, -0.15) is 0 Å². The van der Waals surface area contributed by atoms with E-state index in [0.29, 0.717) is 6.54 Å². The summed E-state index contributed by atoms with van der Waals surface area (Å²) < 4.78 is 0. The number of benzene rings is 1. The van der Waals surface area contributed by atoms with Crippen molar-refractivity contribution < 1.29 is 4.79 Å². The number of carbonyl (C=O) groups excluding carboxylic acids is 1. The highest BCUT2D eigenvalue weighted by atomic mass is 32.2. The maximum atomic E-state index is 12.2. The highest BCUT2D eigenvalue weighted by Gasteiger charge is 2.11. The van der Waals surface area contributed by atoms with Gasteiger partial charge in [0.15, 0.2) is 0 Å². The van der Waals surface area contributed by atoms with Crippen LogP contribution in [0.15, 0.2) is 46.7 Å². The van der Waals surface area contributed by atoms with Gasteiger partial charge in [-0.05, 0) is 36.4 Å². The van der Waals surface area contributed by atoms with Gasteiger partial charge in [0.05, 0.1) is 12.2 Å². The fourth-order valence-corrected chi connectivity index (χ4v) is 3.34. The third-order valence-electron chi connectivity index (χ3n) is 3.16. The highest BCUT2D eigenvalue weighted by molar-refractivity contribution is 7.98. The van der Waals surface area contributed by atoms with E-state index in [-0.39, 0.29) is 5.91 Å². The minimum absolute atomic E-state index is 0.0370. The Morgan fingerprint density at radius 2 is 2.10 bits per heavy atom. The molecule has 0 aliphatic rings. The van der Waals surface area contributed by atoms with Crippen LogP contribution < -0.4 is 5.32 Å². The van der Waals surface area contributed by atoms with Gasteiger partial charge in [-0.15, -0.1) is 23.1 Å². The van der Waals surface area contributed by atoms with Crippen LogP contribution in [0, 0.1) is 0 Å². The molecule has 2 aromatic rings. The predicted octanol–water partition coefficient (Wildman–Crippen LogP) is 3.93. The minimum Gasteiger partial charge on any atom is -0.324 e. The molecule has 112 valence electrons. The Morgan fingerprint density at radius 1 is 1.29 bits per heavy atom. The van der Waals surface area contributed by atoms with Gasteiger partial charge in [0, 0.05) is 16.3 Å². The molecule has 3 nitrogen and oxygen atoms in total. The molecular weight excluding hydrogens is 300 g/mol. The van der Waals surface area contributed by atoms with Gasteiger partial charge in [0.25, 0.3) is 0 Å². The molecule has 1 aromatic carbocycles. The van der Waals surface area contributed by atoms with Gasteiger partial charge >= 0.3 is 0 Å². The molecule has 0 spiro atoms. The quantitative estimate of drug-likeness (QED) is 0.785. The third kappa shape index (κ3) is 4.88. The van der Waals surface area contributed by atoms with Crippen LogP contribution in [0.2, 0.25) is 0 Å². The molecule has 0 unspecified atom stereocenters. The van der Waals surface area contributed by atoms with Crippen molar-refractivity contribution in [2.75, 3.05) is 24.7 Å². The van der Waals surface area contributed by atoms with Crippen molar-refractivity contribution in [2.45, 2.75) is 18.4 Å². The molecule has 0 saturated heterocycles. The van der Waals surface area contributed by atoms with E-state index in [1.807, 2.05) is 36.6 Å². The molecular formula is C16H20N2OS2. The van der Waals surface area contributed by atoms with E-state index in [0.717, 1.165) is 23.7 Å². The van der Waals surface area contributed by atoms with Gasteiger partial charge in [0.1, 0.15) is 0 Å². The monoisotopic (exact) mass is 320 g/mol. The van der Waals surface area contributed by atoms with Crippen molar-refractivity contribution in [3.63, 3.8) is 0 Å². The molecule has 0 saturated carbocycles. The van der Waals surface area contributed by atoms with Gasteiger partial charge in [-0.3, -0.25) is 9.69 Å². The smallest absolute Gasteiger partial charge is 0.238 e. The van der Waals surface area contributed by atoms with Crippen molar-refractivity contribution in [1.82, 2.24) is 4.90 Å². The molecule has 0 atom stereocenters. The van der Waals surface area contributed by atoms with E-state index in [1.54, 1.807) is 23.1 Å². The van der Waals surface area contributed by atoms with Gasteiger partial charge in [-0.25, -0.2) is 0 Å². The zero-order valence-corrected chi connectivity index (χ0v) is 14.0. The van der Waals surface area contributed by atoms with E-state index < -0.39 is 0 Å². The molecule has 0 aliphatic heterocycles. The summed E-state index contributed by atoms with van der Waals surface area (Å²) in [6.45, 7) is 4.18. The van der Waals surface area contributed by atoms with Crippen molar-refractivity contribution >= 4 is 34.7 Å². The van der Waals surface area contributed by atoms with E-state index in [1.165, 1.54) is 4.88 Å². The molecule has 0 bridgehead atoms. The minimum atomic E-state index is 0.0370. The number of likely N-dealkylation sites (N-methyl/N-ethyl adjacent to an activating group) is 1. The summed E-state index contributed by atoms with van der Waals surface area (Å²) in [5, 5.41) is 5.08. The highest BCUT2D eigenvalue weighted by Crippen LogP contribution is 2.24. The zero-order chi connectivity index (χ0) is 15.1. The Bertz CT molecular complexity index is 569. The van der Waals surface area contributed by atoms with Crippen LogP contribution in [0.3, 0.4) is 0 Å². The Labute approximate surface area is 134 Å². The molecule has 1 heterocycles. The summed E-state index contributed by atoms with van der Waals surface area (Å²) in [6, 6.07) is 12.0. The zero-order valence-electron chi connectivity index (χ0n) is 12.3. The van der Waals surface area contributed by atoms with Crippen molar-refractivity contribution in [3.8, 4) is 0 Å². The van der Waals surface area contributed by atoms with Crippen molar-refractivity contribution in [3.05, 3.63) is 46.7 Å². The standard InChI is InChI=1S/C16H20N2OS2/c1-3-18(11-13-7-6-10-21-13)12-16(19)17-14-8-4-5-9-15(14)20-2/h4-10H,3,11-12H2,1-2H3,(H,17,19). The van der Waals surface area contributed by atoms with E-state index >= 15 is 0 Å². The maximum Gasteiger partial charge on any atom is 0.238 e. The summed E-state index contributed by atoms with van der Waals surface area (Å²) in [7, 11) is 0. The second-order valence-electron chi connectivity index (χ2n) is 4.63. The van der Waals surface area contributed by atoms with E-state index in [4.69, 9.17) is 0 Å². The van der Waals surface area contributed by atoms with Crippen LogP contribution in [-0.4, -0.2) is 30.2 Å². The van der Waals surface area contributed by atoms with Crippen LogP contribution >= 0.6 is 23.1 Å². The van der Waals surface area contributed by atoms with Crippen LogP contribution in [0.5, 0.6) is 0 Å². The number of hydrogen-bond donors (Lipinski definition) is 1. The van der Waals surface area contributed by atoms with Crippen molar-refractivity contribution in [2.24, 2.45) is 0 Å². The number of carbonyl (C=O) groups is 1. The molecule has 1 N–H and O–H groups in total. The number of anilines is 1. The predicted molar refractivity (Wildman–Crippen MR) is 92.1 cm³/mol. The average molecular weight is 320 g/mol. The Morgan fingerprint density at radius 3 is 2.76 bits per heavy atom. The lowest BCUT2D eigenvalue weighted by Gasteiger charge is -2.19. The fourth-order valence-electron chi connectivity index (χ4n) is 2.04. The number of thiophene rings is 1. The summed E-state index contributed by atoms with van der Waals surface area (Å²) in [4.78, 5) is 16.7. The largest absolute Gasteiger partial charge is 0.324 e. The second kappa shape index (κ2) is 8.22. The SMILES string of the molecule is CCN(CC(=O)Nc1ccccc1SC)Cc1cccs1. The number of hydrogen-bond acceptors (Lipinski definition) is 4. The summed E-state index contributed by atoms with van der Waals surface area (Å²) >= 11 is 3.37. The van der Waals surface area contributed by atoms with Crippen LogP contribution in [0.1, 0.15) is 11.8 Å². The normalized spacial score (nSPS) is 10.8. The number of nitrogens with zero attached hydrogens (tertiary/aromatic N) is 1. The van der Waals surface area contributed by atoms with Crippen LogP contribution in [0.4, 0.5) is 5.69 Å². The van der Waals surface area contributed by atoms with Gasteiger partial charge in [-0.1, -0.05) is 25.1 Å². The van der Waals surface area contributed by atoms with Crippen molar-refractivity contribution in [1.29, 1.82) is 0 Å². The number of rotatable bonds is 7. The average Bonchev–Trinajstić information content (AvgIpc) is 3.00. The first-order chi connectivity index (χ1) is 10.2. The molecule has 0 radical (unpaired) electrons. The molecule has 1 aromatic heterocycles. The first-order valence-electron chi connectivity index (χ1n) is 6.90. The number of thioether (sulfide) groups is 1. The van der Waals surface area contributed by atoms with E-state index in [9.17, 15) is 4.79 Å². The molecule has 1 amide bonds. The number of nitrogens with one attached hydrogen (secondary N) is 1. The first-order valence-corrected chi connectivity index (χ1v) is 9.01. The number of amides is 1. The lowest BCUT2D eigenvalue weighted by molar-refractivity contribution is -0.117. The van der Waals surface area contributed by atoms with Crippen LogP contribution in [0.25, 0.3) is 0 Å². The van der Waals surface area contributed by atoms with E-state index in [2.05, 4.69) is 28.6 Å². The fraction of sp³-hybridized carbons (Fsp3) is 0.312. The lowest BCUT2D eigenvalue weighted by Crippen LogP contribution is -2.32. The van der Waals surface area contributed by atoms with Crippen LogP contribution in [-0.2, 0) is 11.3 Å². The van der Waals surface area contributed by atoms with Gasteiger partial charge < -0.3 is 5.32 Å².